The molecule has 8 heteroatoms. The number of aryl methyl sites for hydroxylation is 1. The van der Waals surface area contributed by atoms with Crippen molar-refractivity contribution in [2.24, 2.45) is 0 Å². The number of carbonyl (C=O) groups is 1. The number of nitrogens with zero attached hydrogens (tertiary/aromatic N) is 1. The van der Waals surface area contributed by atoms with Crippen LogP contribution in [0.1, 0.15) is 41.4 Å². The van der Waals surface area contributed by atoms with Gasteiger partial charge in [0.15, 0.2) is 0 Å². The average Bonchev–Trinajstić information content (AvgIpc) is 3.42. The molecule has 1 aliphatic rings. The van der Waals surface area contributed by atoms with Crippen LogP contribution in [0.5, 0.6) is 5.75 Å². The van der Waals surface area contributed by atoms with Crippen molar-refractivity contribution in [3.8, 4) is 5.75 Å². The molecule has 0 bridgehead atoms. The molecule has 0 unspecified atom stereocenters. The average molecular weight is 442 g/mol. The van der Waals surface area contributed by atoms with Crippen molar-refractivity contribution in [3.05, 3.63) is 59.3 Å². The summed E-state index contributed by atoms with van der Waals surface area (Å²) in [6.07, 6.45) is 1.81. The van der Waals surface area contributed by atoms with Crippen molar-refractivity contribution in [2.45, 2.75) is 38.1 Å². The van der Waals surface area contributed by atoms with Crippen LogP contribution >= 0.6 is 0 Å². The molecule has 0 spiro atoms. The van der Waals surface area contributed by atoms with Gasteiger partial charge in [-0.3, -0.25) is 4.79 Å². The molecule has 0 radical (unpaired) electrons. The van der Waals surface area contributed by atoms with Gasteiger partial charge in [-0.25, -0.2) is 8.42 Å². The molecule has 0 aliphatic carbocycles. The zero-order chi connectivity index (χ0) is 22.0. The molecule has 2 aromatic carbocycles. The molecule has 1 aliphatic heterocycles. The standard InChI is InChI=1S/C23H27N3O4S/c1-3-30-19-8-7-18-13-21(25-20(18)14-19)23(27)24-15-17-6-9-22(16(2)12-17)31(28,29)26-10-4-5-11-26/h6-9,12-14,25H,3-5,10-11,15H2,1-2H3,(H,24,27). The van der Waals surface area contributed by atoms with E-state index in [1.165, 1.54) is 0 Å². The number of amides is 1. The van der Waals surface area contributed by atoms with Gasteiger partial charge in [0.05, 0.1) is 11.5 Å². The van der Waals surface area contributed by atoms with E-state index in [1.807, 2.05) is 31.2 Å². The van der Waals surface area contributed by atoms with Crippen LogP contribution in [0.15, 0.2) is 47.4 Å². The van der Waals surface area contributed by atoms with E-state index in [9.17, 15) is 13.2 Å². The van der Waals surface area contributed by atoms with Crippen LogP contribution in [0, 0.1) is 6.92 Å². The summed E-state index contributed by atoms with van der Waals surface area (Å²) in [6.45, 7) is 5.77. The highest BCUT2D eigenvalue weighted by Crippen LogP contribution is 2.25. The van der Waals surface area contributed by atoms with Crippen molar-refractivity contribution in [1.29, 1.82) is 0 Å². The van der Waals surface area contributed by atoms with Gasteiger partial charge < -0.3 is 15.0 Å². The molecule has 1 aromatic heterocycles. The summed E-state index contributed by atoms with van der Waals surface area (Å²) in [5.41, 5.74) is 2.84. The summed E-state index contributed by atoms with van der Waals surface area (Å²) < 4.78 is 32.7. The van der Waals surface area contributed by atoms with Crippen molar-refractivity contribution >= 4 is 26.8 Å². The summed E-state index contributed by atoms with van der Waals surface area (Å²) in [5.74, 6) is 0.531. The van der Waals surface area contributed by atoms with Gasteiger partial charge in [0.25, 0.3) is 5.91 Å². The van der Waals surface area contributed by atoms with E-state index in [4.69, 9.17) is 4.74 Å². The molecule has 2 N–H and O–H groups in total. The summed E-state index contributed by atoms with van der Waals surface area (Å²) in [7, 11) is -3.45. The monoisotopic (exact) mass is 441 g/mol. The van der Waals surface area contributed by atoms with Gasteiger partial charge >= 0.3 is 0 Å². The lowest BCUT2D eigenvalue weighted by molar-refractivity contribution is 0.0946. The summed E-state index contributed by atoms with van der Waals surface area (Å²) in [6, 6.07) is 12.7. The lowest BCUT2D eigenvalue weighted by Gasteiger charge is -2.17. The zero-order valence-corrected chi connectivity index (χ0v) is 18.6. The predicted molar refractivity (Wildman–Crippen MR) is 120 cm³/mol. The number of ether oxygens (including phenoxy) is 1. The molecule has 31 heavy (non-hydrogen) atoms. The Morgan fingerprint density at radius 3 is 2.61 bits per heavy atom. The van der Waals surface area contributed by atoms with Crippen LogP contribution < -0.4 is 10.1 Å². The van der Waals surface area contributed by atoms with Crippen molar-refractivity contribution in [3.63, 3.8) is 0 Å². The van der Waals surface area contributed by atoms with E-state index >= 15 is 0 Å². The highest BCUT2D eigenvalue weighted by atomic mass is 32.2. The minimum absolute atomic E-state index is 0.222. The summed E-state index contributed by atoms with van der Waals surface area (Å²) in [4.78, 5) is 16.1. The molecule has 1 amide bonds. The first-order valence-corrected chi connectivity index (χ1v) is 12.0. The molecular weight excluding hydrogens is 414 g/mol. The van der Waals surface area contributed by atoms with Crippen LogP contribution in [-0.4, -0.2) is 43.3 Å². The molecule has 2 heterocycles. The van der Waals surface area contributed by atoms with Crippen molar-refractivity contribution < 1.29 is 17.9 Å². The molecule has 164 valence electrons. The Morgan fingerprint density at radius 1 is 1.13 bits per heavy atom. The summed E-state index contributed by atoms with van der Waals surface area (Å²) in [5, 5.41) is 3.83. The van der Waals surface area contributed by atoms with E-state index in [0.29, 0.717) is 42.4 Å². The Balaban J connectivity index is 1.45. The quantitative estimate of drug-likeness (QED) is 0.586. The number of aromatic nitrogens is 1. The molecule has 0 atom stereocenters. The van der Waals surface area contributed by atoms with Gasteiger partial charge in [0.2, 0.25) is 10.0 Å². The van der Waals surface area contributed by atoms with Gasteiger partial charge in [-0.2, -0.15) is 4.31 Å². The number of fused-ring (bicyclic) bond motifs is 1. The normalized spacial score (nSPS) is 14.8. The maximum atomic E-state index is 12.8. The molecule has 1 fully saturated rings. The fourth-order valence-corrected chi connectivity index (χ4v) is 5.66. The van der Waals surface area contributed by atoms with Crippen LogP contribution in [-0.2, 0) is 16.6 Å². The Morgan fingerprint density at radius 2 is 1.90 bits per heavy atom. The third-order valence-electron chi connectivity index (χ3n) is 5.52. The molecule has 4 rings (SSSR count). The van der Waals surface area contributed by atoms with Gasteiger partial charge in [-0.1, -0.05) is 12.1 Å². The second-order valence-corrected chi connectivity index (χ2v) is 9.67. The first kappa shape index (κ1) is 21.4. The first-order chi connectivity index (χ1) is 14.9. The molecule has 3 aromatic rings. The molecule has 1 saturated heterocycles. The maximum absolute atomic E-state index is 12.8. The van der Waals surface area contributed by atoms with Gasteiger partial charge in [0.1, 0.15) is 11.4 Å². The Kier molecular flexibility index (Phi) is 6.02. The molecule has 0 saturated carbocycles. The Labute approximate surface area is 182 Å². The van der Waals surface area contributed by atoms with E-state index in [1.54, 1.807) is 29.4 Å². The Bertz CT molecular complexity index is 1210. The minimum Gasteiger partial charge on any atom is -0.494 e. The lowest BCUT2D eigenvalue weighted by atomic mass is 10.1. The number of benzene rings is 2. The summed E-state index contributed by atoms with van der Waals surface area (Å²) >= 11 is 0. The van der Waals surface area contributed by atoms with Crippen LogP contribution in [0.2, 0.25) is 0 Å². The molecule has 7 nitrogen and oxygen atoms in total. The van der Waals surface area contributed by atoms with Gasteiger partial charge in [-0.15, -0.1) is 0 Å². The van der Waals surface area contributed by atoms with E-state index < -0.39 is 10.0 Å². The number of hydrogen-bond donors (Lipinski definition) is 2. The third kappa shape index (κ3) is 4.45. The number of H-pyrrole nitrogens is 1. The van der Waals surface area contributed by atoms with E-state index in [0.717, 1.165) is 35.1 Å². The lowest BCUT2D eigenvalue weighted by Crippen LogP contribution is -2.28. The minimum atomic E-state index is -3.45. The van der Waals surface area contributed by atoms with E-state index in [-0.39, 0.29) is 5.91 Å². The van der Waals surface area contributed by atoms with E-state index in [2.05, 4.69) is 10.3 Å². The highest BCUT2D eigenvalue weighted by molar-refractivity contribution is 7.89. The number of rotatable bonds is 7. The van der Waals surface area contributed by atoms with Crippen LogP contribution in [0.25, 0.3) is 10.9 Å². The predicted octanol–water partition coefficient (Wildman–Crippen LogP) is 3.59. The maximum Gasteiger partial charge on any atom is 0.267 e. The fraction of sp³-hybridized carbons (Fsp3) is 0.348. The zero-order valence-electron chi connectivity index (χ0n) is 17.8. The topological polar surface area (TPSA) is 91.5 Å². The largest absolute Gasteiger partial charge is 0.494 e. The smallest absolute Gasteiger partial charge is 0.267 e. The molecular formula is C23H27N3O4S. The van der Waals surface area contributed by atoms with Crippen LogP contribution in [0.4, 0.5) is 0 Å². The number of sulfonamides is 1. The third-order valence-corrected chi connectivity index (χ3v) is 7.58. The fourth-order valence-electron chi connectivity index (χ4n) is 3.94. The van der Waals surface area contributed by atoms with Gasteiger partial charge in [-0.05, 0) is 62.1 Å². The Hall–Kier alpha value is -2.84. The van der Waals surface area contributed by atoms with Crippen molar-refractivity contribution in [1.82, 2.24) is 14.6 Å². The SMILES string of the molecule is CCOc1ccc2cc(C(=O)NCc3ccc(S(=O)(=O)N4CCCC4)c(C)c3)[nH]c2c1. The number of aromatic amines is 1. The second kappa shape index (κ2) is 8.72. The van der Waals surface area contributed by atoms with Crippen LogP contribution in [0.3, 0.4) is 0 Å². The second-order valence-electron chi connectivity index (χ2n) is 7.76. The first-order valence-electron chi connectivity index (χ1n) is 10.5. The van der Waals surface area contributed by atoms with Crippen molar-refractivity contribution in [2.75, 3.05) is 19.7 Å². The van der Waals surface area contributed by atoms with Gasteiger partial charge in [0, 0.05) is 36.6 Å². The highest BCUT2D eigenvalue weighted by Gasteiger charge is 2.28. The number of hydrogen-bond acceptors (Lipinski definition) is 4. The number of nitrogens with one attached hydrogen (secondary N) is 2. The number of carbonyl (C=O) groups excluding carboxylic acids is 1.